The molecule has 1 atom stereocenters. The Bertz CT molecular complexity index is 361. The molecule has 1 heterocycles. The van der Waals surface area contributed by atoms with Gasteiger partial charge in [-0.15, -0.1) is 0 Å². The molecule has 0 radical (unpaired) electrons. The summed E-state index contributed by atoms with van der Waals surface area (Å²) in [6.45, 7) is 9.59. The van der Waals surface area contributed by atoms with Crippen LogP contribution in [0.1, 0.15) is 39.8 Å². The van der Waals surface area contributed by atoms with Gasteiger partial charge in [-0.3, -0.25) is 4.68 Å². The number of nitrogens with one attached hydrogen (secondary N) is 1. The number of hydrogen-bond acceptors (Lipinski definition) is 3. The maximum absolute atomic E-state index is 10.5. The Labute approximate surface area is 112 Å². The van der Waals surface area contributed by atoms with E-state index in [9.17, 15) is 5.11 Å². The fourth-order valence-electron chi connectivity index (χ4n) is 1.86. The first-order valence-electron chi connectivity index (χ1n) is 6.06. The summed E-state index contributed by atoms with van der Waals surface area (Å²) in [5.74, 6) is 0. The van der Waals surface area contributed by atoms with E-state index in [1.165, 1.54) is 0 Å². The highest BCUT2D eigenvalue weighted by atomic mass is 79.9. The number of aryl methyl sites for hydroxylation is 1. The summed E-state index contributed by atoms with van der Waals surface area (Å²) in [5, 5.41) is 18.1. The molecule has 0 aliphatic carbocycles. The van der Waals surface area contributed by atoms with E-state index in [0.717, 1.165) is 23.3 Å². The predicted molar refractivity (Wildman–Crippen MR) is 72.9 cm³/mol. The van der Waals surface area contributed by atoms with E-state index in [1.807, 2.05) is 18.5 Å². The topological polar surface area (TPSA) is 50.1 Å². The first-order chi connectivity index (χ1) is 7.88. The molecular weight excluding hydrogens is 282 g/mol. The Morgan fingerprint density at radius 3 is 2.76 bits per heavy atom. The summed E-state index contributed by atoms with van der Waals surface area (Å²) >= 11 is 3.45. The molecule has 1 rings (SSSR count). The highest BCUT2D eigenvalue weighted by Gasteiger charge is 2.29. The van der Waals surface area contributed by atoms with Crippen molar-refractivity contribution in [1.82, 2.24) is 15.1 Å². The minimum absolute atomic E-state index is 0.435. The molecule has 1 aromatic heterocycles. The van der Waals surface area contributed by atoms with Crippen molar-refractivity contribution in [2.75, 3.05) is 6.54 Å². The first-order valence-corrected chi connectivity index (χ1v) is 6.85. The van der Waals surface area contributed by atoms with Gasteiger partial charge in [0.25, 0.3) is 0 Å². The van der Waals surface area contributed by atoms with Crippen molar-refractivity contribution in [3.05, 3.63) is 16.4 Å². The van der Waals surface area contributed by atoms with Gasteiger partial charge in [-0.2, -0.15) is 5.10 Å². The van der Waals surface area contributed by atoms with Crippen molar-refractivity contribution in [2.24, 2.45) is 0 Å². The molecule has 0 amide bonds. The van der Waals surface area contributed by atoms with E-state index in [4.69, 9.17) is 0 Å². The zero-order chi connectivity index (χ0) is 13.1. The van der Waals surface area contributed by atoms with Crippen LogP contribution in [0.25, 0.3) is 0 Å². The Balaban J connectivity index is 2.77. The van der Waals surface area contributed by atoms with Gasteiger partial charge in [0.05, 0.1) is 16.4 Å². The third kappa shape index (κ3) is 3.79. The van der Waals surface area contributed by atoms with Crippen LogP contribution in [0.3, 0.4) is 0 Å². The molecule has 0 fully saturated rings. The number of hydrogen-bond donors (Lipinski definition) is 2. The van der Waals surface area contributed by atoms with Crippen LogP contribution in [-0.4, -0.2) is 27.5 Å². The second kappa shape index (κ2) is 5.98. The lowest BCUT2D eigenvalue weighted by Gasteiger charge is -2.25. The molecule has 0 saturated carbocycles. The largest absolute Gasteiger partial charge is 0.384 e. The molecule has 17 heavy (non-hydrogen) atoms. The van der Waals surface area contributed by atoms with Gasteiger partial charge >= 0.3 is 0 Å². The quantitative estimate of drug-likeness (QED) is 0.847. The Morgan fingerprint density at radius 1 is 1.59 bits per heavy atom. The van der Waals surface area contributed by atoms with Crippen molar-refractivity contribution >= 4 is 15.9 Å². The summed E-state index contributed by atoms with van der Waals surface area (Å²) < 4.78 is 2.70. The van der Waals surface area contributed by atoms with E-state index >= 15 is 0 Å². The molecule has 0 saturated heterocycles. The van der Waals surface area contributed by atoms with E-state index < -0.39 is 5.60 Å². The second-order valence-electron chi connectivity index (χ2n) is 4.79. The minimum atomic E-state index is -0.868. The standard InChI is InChI=1S/C12H22BrN3O/c1-5-16-11(10(13)8-15-16)12(4,17)6-7-14-9(2)3/h8-9,14,17H,5-7H2,1-4H3. The number of nitrogens with zero attached hydrogens (tertiary/aromatic N) is 2. The van der Waals surface area contributed by atoms with Gasteiger partial charge in [0.2, 0.25) is 0 Å². The highest BCUT2D eigenvalue weighted by Crippen LogP contribution is 2.30. The van der Waals surface area contributed by atoms with Gasteiger partial charge in [0, 0.05) is 12.6 Å². The molecule has 2 N–H and O–H groups in total. The number of aromatic nitrogens is 2. The van der Waals surface area contributed by atoms with E-state index in [2.05, 4.69) is 40.2 Å². The van der Waals surface area contributed by atoms with Crippen LogP contribution in [-0.2, 0) is 12.1 Å². The highest BCUT2D eigenvalue weighted by molar-refractivity contribution is 9.10. The number of halogens is 1. The second-order valence-corrected chi connectivity index (χ2v) is 5.64. The Morgan fingerprint density at radius 2 is 2.24 bits per heavy atom. The first kappa shape index (κ1) is 14.7. The van der Waals surface area contributed by atoms with E-state index in [-0.39, 0.29) is 0 Å². The predicted octanol–water partition coefficient (Wildman–Crippen LogP) is 2.26. The van der Waals surface area contributed by atoms with Gasteiger partial charge < -0.3 is 10.4 Å². The lowest BCUT2D eigenvalue weighted by Crippen LogP contribution is -2.33. The normalized spacial score (nSPS) is 15.2. The maximum atomic E-state index is 10.5. The van der Waals surface area contributed by atoms with Crippen LogP contribution in [0, 0.1) is 0 Å². The van der Waals surface area contributed by atoms with Crippen molar-refractivity contribution < 1.29 is 5.11 Å². The van der Waals surface area contributed by atoms with Gasteiger partial charge in [0.15, 0.2) is 0 Å². The van der Waals surface area contributed by atoms with Gasteiger partial charge in [-0.1, -0.05) is 13.8 Å². The van der Waals surface area contributed by atoms with Crippen molar-refractivity contribution in [3.63, 3.8) is 0 Å². The molecular formula is C12H22BrN3O. The smallest absolute Gasteiger partial charge is 0.106 e. The minimum Gasteiger partial charge on any atom is -0.384 e. The number of aliphatic hydroxyl groups is 1. The third-order valence-corrected chi connectivity index (χ3v) is 3.35. The molecule has 98 valence electrons. The van der Waals surface area contributed by atoms with Crippen molar-refractivity contribution in [1.29, 1.82) is 0 Å². The zero-order valence-electron chi connectivity index (χ0n) is 11.0. The molecule has 0 bridgehead atoms. The Hall–Kier alpha value is -0.390. The average molecular weight is 304 g/mol. The summed E-state index contributed by atoms with van der Waals surface area (Å²) in [6.07, 6.45) is 2.40. The van der Waals surface area contributed by atoms with E-state index in [1.54, 1.807) is 6.20 Å². The summed E-state index contributed by atoms with van der Waals surface area (Å²) in [5.41, 5.74) is -0.0155. The van der Waals surface area contributed by atoms with Crippen molar-refractivity contribution in [2.45, 2.75) is 52.3 Å². The molecule has 0 aliphatic heterocycles. The molecule has 0 aromatic carbocycles. The van der Waals surface area contributed by atoms with E-state index in [0.29, 0.717) is 12.5 Å². The van der Waals surface area contributed by atoms with Gasteiger partial charge in [-0.05, 0) is 42.7 Å². The molecule has 4 nitrogen and oxygen atoms in total. The van der Waals surface area contributed by atoms with Crippen LogP contribution in [0.4, 0.5) is 0 Å². The van der Waals surface area contributed by atoms with Gasteiger partial charge in [0.1, 0.15) is 5.60 Å². The summed E-state index contributed by atoms with van der Waals surface area (Å²) in [4.78, 5) is 0. The monoisotopic (exact) mass is 303 g/mol. The molecule has 0 spiro atoms. The zero-order valence-corrected chi connectivity index (χ0v) is 12.6. The average Bonchev–Trinajstić information content (AvgIpc) is 2.59. The Kier molecular flexibility index (Phi) is 5.16. The van der Waals surface area contributed by atoms with Crippen LogP contribution < -0.4 is 5.32 Å². The van der Waals surface area contributed by atoms with Crippen LogP contribution in [0.2, 0.25) is 0 Å². The molecule has 0 aliphatic rings. The lowest BCUT2D eigenvalue weighted by molar-refractivity contribution is 0.0376. The lowest BCUT2D eigenvalue weighted by atomic mass is 9.98. The summed E-state index contributed by atoms with van der Waals surface area (Å²) in [7, 11) is 0. The fraction of sp³-hybridized carbons (Fsp3) is 0.750. The maximum Gasteiger partial charge on any atom is 0.106 e. The SMILES string of the molecule is CCn1ncc(Br)c1C(C)(O)CCNC(C)C. The summed E-state index contributed by atoms with van der Waals surface area (Å²) in [6, 6.07) is 0.435. The van der Waals surface area contributed by atoms with Crippen molar-refractivity contribution in [3.8, 4) is 0 Å². The molecule has 5 heteroatoms. The number of rotatable bonds is 6. The molecule has 1 unspecified atom stereocenters. The van der Waals surface area contributed by atoms with Crippen LogP contribution >= 0.6 is 15.9 Å². The van der Waals surface area contributed by atoms with Gasteiger partial charge in [-0.25, -0.2) is 0 Å². The molecule has 1 aromatic rings. The fourth-order valence-corrected chi connectivity index (χ4v) is 2.58. The van der Waals surface area contributed by atoms with Crippen LogP contribution in [0.15, 0.2) is 10.7 Å². The third-order valence-electron chi connectivity index (χ3n) is 2.77. The van der Waals surface area contributed by atoms with Crippen LogP contribution in [0.5, 0.6) is 0 Å².